The molecule has 0 unspecified atom stereocenters. The molecule has 0 saturated heterocycles. The molecule has 0 N–H and O–H groups in total. The van der Waals surface area contributed by atoms with Crippen molar-refractivity contribution in [1.82, 2.24) is 4.98 Å². The monoisotopic (exact) mass is 311 g/mol. The van der Waals surface area contributed by atoms with Gasteiger partial charge in [0.25, 0.3) is 0 Å². The van der Waals surface area contributed by atoms with Crippen LogP contribution in [0.3, 0.4) is 0 Å². The molecular formula is C19H21NO3. The maximum absolute atomic E-state index is 12.6. The van der Waals surface area contributed by atoms with E-state index in [2.05, 4.69) is 4.98 Å². The molecule has 0 aliphatic rings. The highest BCUT2D eigenvalue weighted by atomic mass is 16.5. The quantitative estimate of drug-likeness (QED) is 0.569. The van der Waals surface area contributed by atoms with Crippen molar-refractivity contribution in [2.24, 2.45) is 0 Å². The molecular weight excluding hydrogens is 290 g/mol. The maximum Gasteiger partial charge on any atom is 0.189 e. The molecule has 0 aliphatic heterocycles. The molecule has 4 nitrogen and oxygen atoms in total. The van der Waals surface area contributed by atoms with Gasteiger partial charge in [0, 0.05) is 18.5 Å². The van der Waals surface area contributed by atoms with E-state index >= 15 is 0 Å². The van der Waals surface area contributed by atoms with Crippen LogP contribution in [0.2, 0.25) is 0 Å². The van der Waals surface area contributed by atoms with Gasteiger partial charge in [-0.15, -0.1) is 0 Å². The third-order valence-corrected chi connectivity index (χ3v) is 3.31. The summed E-state index contributed by atoms with van der Waals surface area (Å²) in [4.78, 5) is 16.6. The van der Waals surface area contributed by atoms with Crippen molar-refractivity contribution < 1.29 is 14.3 Å². The molecule has 2 aromatic rings. The molecule has 0 radical (unpaired) electrons. The second kappa shape index (κ2) is 8.13. The molecule has 0 amide bonds. The fourth-order valence-corrected chi connectivity index (χ4v) is 2.21. The molecule has 23 heavy (non-hydrogen) atoms. The standard InChI is InChI=1S/C19H21NO3/c1-4-22-16-6-7-17(19(13-16)23-5-2)18(21)12-14(3)15-8-10-20-11-9-15/h6-13H,4-5H2,1-3H3. The number of nitrogens with zero attached hydrogens (tertiary/aromatic N) is 1. The van der Waals surface area contributed by atoms with Crippen LogP contribution >= 0.6 is 0 Å². The van der Waals surface area contributed by atoms with Crippen LogP contribution < -0.4 is 9.47 Å². The zero-order valence-corrected chi connectivity index (χ0v) is 13.7. The number of ketones is 1. The number of pyridine rings is 1. The van der Waals surface area contributed by atoms with Gasteiger partial charge in [-0.05, 0) is 62.2 Å². The lowest BCUT2D eigenvalue weighted by molar-refractivity contribution is 0.104. The molecule has 0 fully saturated rings. The summed E-state index contributed by atoms with van der Waals surface area (Å²) in [5, 5.41) is 0. The van der Waals surface area contributed by atoms with E-state index in [-0.39, 0.29) is 5.78 Å². The van der Waals surface area contributed by atoms with Gasteiger partial charge in [-0.3, -0.25) is 9.78 Å². The minimum atomic E-state index is -0.0918. The summed E-state index contributed by atoms with van der Waals surface area (Å²) in [5.41, 5.74) is 2.38. The minimum Gasteiger partial charge on any atom is -0.494 e. The van der Waals surface area contributed by atoms with Crippen LogP contribution in [-0.2, 0) is 0 Å². The number of benzene rings is 1. The summed E-state index contributed by atoms with van der Waals surface area (Å²) < 4.78 is 11.1. The lowest BCUT2D eigenvalue weighted by Gasteiger charge is -2.11. The van der Waals surface area contributed by atoms with Crippen LogP contribution in [0.25, 0.3) is 5.57 Å². The van der Waals surface area contributed by atoms with Crippen LogP contribution in [0, 0.1) is 0 Å². The van der Waals surface area contributed by atoms with Gasteiger partial charge in [0.2, 0.25) is 0 Å². The molecule has 0 bridgehead atoms. The number of carbonyl (C=O) groups excluding carboxylic acids is 1. The first-order chi connectivity index (χ1) is 11.2. The molecule has 4 heteroatoms. The van der Waals surface area contributed by atoms with Crippen LogP contribution in [0.15, 0.2) is 48.8 Å². The summed E-state index contributed by atoms with van der Waals surface area (Å²) in [7, 11) is 0. The number of allylic oxidation sites excluding steroid dienone is 2. The van der Waals surface area contributed by atoms with Gasteiger partial charge in [0.15, 0.2) is 5.78 Å². The zero-order chi connectivity index (χ0) is 16.7. The van der Waals surface area contributed by atoms with Crippen LogP contribution in [0.5, 0.6) is 11.5 Å². The summed E-state index contributed by atoms with van der Waals surface area (Å²) >= 11 is 0. The molecule has 1 aromatic heterocycles. The molecule has 0 saturated carbocycles. The van der Waals surface area contributed by atoms with E-state index in [9.17, 15) is 4.79 Å². The SMILES string of the molecule is CCOc1ccc(C(=O)C=C(C)c2ccncc2)c(OCC)c1. The van der Waals surface area contributed by atoms with E-state index in [0.717, 1.165) is 11.1 Å². The Bertz CT molecular complexity index is 693. The first-order valence-electron chi connectivity index (χ1n) is 7.68. The van der Waals surface area contributed by atoms with E-state index in [0.29, 0.717) is 30.3 Å². The smallest absolute Gasteiger partial charge is 0.189 e. The van der Waals surface area contributed by atoms with Gasteiger partial charge in [-0.2, -0.15) is 0 Å². The highest BCUT2D eigenvalue weighted by Gasteiger charge is 2.12. The van der Waals surface area contributed by atoms with Crippen molar-refractivity contribution in [2.75, 3.05) is 13.2 Å². The van der Waals surface area contributed by atoms with Gasteiger partial charge in [-0.1, -0.05) is 0 Å². The lowest BCUT2D eigenvalue weighted by atomic mass is 10.0. The van der Waals surface area contributed by atoms with E-state index < -0.39 is 0 Å². The highest BCUT2D eigenvalue weighted by Crippen LogP contribution is 2.27. The van der Waals surface area contributed by atoms with Crippen LogP contribution in [0.1, 0.15) is 36.7 Å². The summed E-state index contributed by atoms with van der Waals surface area (Å²) in [5.74, 6) is 1.15. The Morgan fingerprint density at radius 3 is 2.43 bits per heavy atom. The van der Waals surface area contributed by atoms with Crippen LogP contribution in [0.4, 0.5) is 0 Å². The second-order valence-corrected chi connectivity index (χ2v) is 4.95. The van der Waals surface area contributed by atoms with Gasteiger partial charge < -0.3 is 9.47 Å². The van der Waals surface area contributed by atoms with Gasteiger partial charge in [-0.25, -0.2) is 0 Å². The Labute approximate surface area is 136 Å². The summed E-state index contributed by atoms with van der Waals surface area (Å²) in [6.45, 7) is 6.77. The third kappa shape index (κ3) is 4.42. The lowest BCUT2D eigenvalue weighted by Crippen LogP contribution is -2.03. The number of carbonyl (C=O) groups is 1. The van der Waals surface area contributed by atoms with Crippen molar-refractivity contribution in [3.05, 3.63) is 59.9 Å². The predicted molar refractivity (Wildman–Crippen MR) is 91.0 cm³/mol. The first kappa shape index (κ1) is 16.7. The fraction of sp³-hybridized carbons (Fsp3) is 0.263. The van der Waals surface area contributed by atoms with Crippen molar-refractivity contribution in [3.8, 4) is 11.5 Å². The molecule has 0 spiro atoms. The van der Waals surface area contributed by atoms with Crippen molar-refractivity contribution in [3.63, 3.8) is 0 Å². The molecule has 1 aromatic carbocycles. The largest absolute Gasteiger partial charge is 0.494 e. The zero-order valence-electron chi connectivity index (χ0n) is 13.7. The van der Waals surface area contributed by atoms with E-state index in [4.69, 9.17) is 9.47 Å². The number of hydrogen-bond donors (Lipinski definition) is 0. The van der Waals surface area contributed by atoms with Gasteiger partial charge in [0.05, 0.1) is 18.8 Å². The van der Waals surface area contributed by atoms with E-state index in [1.807, 2.05) is 32.9 Å². The number of ether oxygens (including phenoxy) is 2. The van der Waals surface area contributed by atoms with Gasteiger partial charge >= 0.3 is 0 Å². The molecule has 0 aliphatic carbocycles. The van der Waals surface area contributed by atoms with Crippen molar-refractivity contribution in [2.45, 2.75) is 20.8 Å². The second-order valence-electron chi connectivity index (χ2n) is 4.95. The average molecular weight is 311 g/mol. The van der Waals surface area contributed by atoms with E-state index in [1.54, 1.807) is 36.7 Å². The average Bonchev–Trinajstić information content (AvgIpc) is 2.56. The van der Waals surface area contributed by atoms with Crippen LogP contribution in [-0.4, -0.2) is 24.0 Å². The fourth-order valence-electron chi connectivity index (χ4n) is 2.21. The molecule has 0 atom stereocenters. The normalized spacial score (nSPS) is 11.2. The predicted octanol–water partition coefficient (Wildman–Crippen LogP) is 4.17. The Balaban J connectivity index is 2.31. The topological polar surface area (TPSA) is 48.4 Å². The van der Waals surface area contributed by atoms with Crippen molar-refractivity contribution >= 4 is 11.4 Å². The Kier molecular flexibility index (Phi) is 5.92. The van der Waals surface area contributed by atoms with E-state index in [1.165, 1.54) is 0 Å². The first-order valence-corrected chi connectivity index (χ1v) is 7.68. The maximum atomic E-state index is 12.6. The highest BCUT2D eigenvalue weighted by molar-refractivity contribution is 6.10. The Hall–Kier alpha value is -2.62. The summed E-state index contributed by atoms with van der Waals surface area (Å²) in [6.07, 6.45) is 5.03. The minimum absolute atomic E-state index is 0.0918. The molecule has 1 heterocycles. The number of hydrogen-bond acceptors (Lipinski definition) is 4. The number of rotatable bonds is 7. The summed E-state index contributed by atoms with van der Waals surface area (Å²) in [6, 6.07) is 9.04. The van der Waals surface area contributed by atoms with Gasteiger partial charge in [0.1, 0.15) is 11.5 Å². The Morgan fingerprint density at radius 2 is 1.78 bits per heavy atom. The third-order valence-electron chi connectivity index (χ3n) is 3.31. The Morgan fingerprint density at radius 1 is 1.09 bits per heavy atom. The molecule has 2 rings (SSSR count). The van der Waals surface area contributed by atoms with Crippen molar-refractivity contribution in [1.29, 1.82) is 0 Å². The number of aromatic nitrogens is 1. The molecule has 120 valence electrons.